The summed E-state index contributed by atoms with van der Waals surface area (Å²) < 4.78 is 62.9. The minimum atomic E-state index is -5.08. The van der Waals surface area contributed by atoms with Crippen molar-refractivity contribution in [3.8, 4) is 11.1 Å². The molecule has 9 nitrogen and oxygen atoms in total. The van der Waals surface area contributed by atoms with Crippen molar-refractivity contribution in [3.63, 3.8) is 0 Å². The Bertz CT molecular complexity index is 1610. The number of aromatic nitrogens is 1. The van der Waals surface area contributed by atoms with E-state index in [0.717, 1.165) is 23.4 Å². The molecule has 0 spiro atoms. The van der Waals surface area contributed by atoms with Crippen molar-refractivity contribution in [2.45, 2.75) is 59.3 Å². The zero-order valence-corrected chi connectivity index (χ0v) is 29.0. The van der Waals surface area contributed by atoms with Crippen LogP contribution < -0.4 is 5.73 Å². The minimum Gasteiger partial charge on any atom is -0.481 e. The molecule has 0 fully saturated rings. The van der Waals surface area contributed by atoms with Gasteiger partial charge in [-0.15, -0.1) is 0 Å². The van der Waals surface area contributed by atoms with Gasteiger partial charge in [0.1, 0.15) is 17.4 Å². The molecule has 0 aliphatic carbocycles. The number of hydrogen-bond donors (Lipinski definition) is 3. The summed E-state index contributed by atoms with van der Waals surface area (Å²) in [7, 11) is 0. The van der Waals surface area contributed by atoms with E-state index in [2.05, 4.69) is 0 Å². The number of carboxylic acids is 2. The van der Waals surface area contributed by atoms with Crippen LogP contribution in [0.15, 0.2) is 60.8 Å². The molecule has 0 aliphatic heterocycles. The van der Waals surface area contributed by atoms with E-state index in [1.165, 1.54) is 24.8 Å². The number of rotatable bonds is 15. The number of halogens is 5. The van der Waals surface area contributed by atoms with Crippen LogP contribution in [-0.4, -0.2) is 74.1 Å². The van der Waals surface area contributed by atoms with Crippen molar-refractivity contribution in [2.24, 2.45) is 17.1 Å². The van der Waals surface area contributed by atoms with E-state index < -0.39 is 47.1 Å². The predicted octanol–water partition coefficient (Wildman–Crippen LogP) is 6.79. The molecule has 274 valence electrons. The third-order valence-corrected chi connectivity index (χ3v) is 8.46. The van der Waals surface area contributed by atoms with Gasteiger partial charge in [-0.25, -0.2) is 13.6 Å². The summed E-state index contributed by atoms with van der Waals surface area (Å²) in [6.45, 7) is 8.56. The number of thioether (sulfide) groups is 1. The lowest BCUT2D eigenvalue weighted by atomic mass is 9.83. The SMILES string of the molecule is CC(=O)C[C@@H](CSCC(=O)N(CCCN)[C@@H](c1cc(-c2cc(F)ccc2F)cn1Cc1ccccc1)C(C)(C)C)C(=O)O.O=C(O)C(F)(F)F. The van der Waals surface area contributed by atoms with Crippen molar-refractivity contribution < 1.29 is 51.3 Å². The molecule has 50 heavy (non-hydrogen) atoms. The molecule has 15 heteroatoms. The zero-order valence-electron chi connectivity index (χ0n) is 28.2. The molecule has 0 radical (unpaired) electrons. The largest absolute Gasteiger partial charge is 0.490 e. The topological polar surface area (TPSA) is 143 Å². The number of benzene rings is 2. The van der Waals surface area contributed by atoms with Crippen LogP contribution in [0.1, 0.15) is 57.8 Å². The van der Waals surface area contributed by atoms with Crippen molar-refractivity contribution in [3.05, 3.63) is 83.7 Å². The molecule has 4 N–H and O–H groups in total. The number of carbonyl (C=O) groups is 4. The molecule has 0 bridgehead atoms. The maximum Gasteiger partial charge on any atom is 0.490 e. The third kappa shape index (κ3) is 12.9. The fourth-order valence-corrected chi connectivity index (χ4v) is 6.21. The average Bonchev–Trinajstić information content (AvgIpc) is 3.41. The van der Waals surface area contributed by atoms with Crippen LogP contribution in [0.3, 0.4) is 0 Å². The predicted molar refractivity (Wildman–Crippen MR) is 180 cm³/mol. The Morgan fingerprint density at radius 1 is 0.980 bits per heavy atom. The van der Waals surface area contributed by atoms with Gasteiger partial charge in [0.05, 0.1) is 17.7 Å². The van der Waals surface area contributed by atoms with Crippen molar-refractivity contribution in [1.82, 2.24) is 9.47 Å². The summed E-state index contributed by atoms with van der Waals surface area (Å²) in [6, 6.07) is 14.4. The van der Waals surface area contributed by atoms with Gasteiger partial charge in [0.25, 0.3) is 0 Å². The number of hydrogen-bond acceptors (Lipinski definition) is 6. The van der Waals surface area contributed by atoms with Crippen molar-refractivity contribution in [2.75, 3.05) is 24.6 Å². The summed E-state index contributed by atoms with van der Waals surface area (Å²) in [5.74, 6) is -6.09. The lowest BCUT2D eigenvalue weighted by Crippen LogP contribution is -2.44. The highest BCUT2D eigenvalue weighted by Gasteiger charge is 2.38. The number of nitrogens with zero attached hydrogens (tertiary/aromatic N) is 2. The molecule has 3 aromatic rings. The number of aliphatic carboxylic acids is 2. The Labute approximate surface area is 291 Å². The molecule has 0 unspecified atom stereocenters. The van der Waals surface area contributed by atoms with Gasteiger partial charge in [0.2, 0.25) is 5.91 Å². The molecule has 1 heterocycles. The van der Waals surface area contributed by atoms with Crippen LogP contribution in [0.25, 0.3) is 11.1 Å². The highest BCUT2D eigenvalue weighted by molar-refractivity contribution is 7.99. The molecule has 1 amide bonds. The Kier molecular flexibility index (Phi) is 15.7. The molecule has 2 atom stereocenters. The Balaban J connectivity index is 0.00000112. The number of amides is 1. The van der Waals surface area contributed by atoms with E-state index >= 15 is 0 Å². The normalized spacial score (nSPS) is 12.8. The van der Waals surface area contributed by atoms with E-state index in [-0.39, 0.29) is 35.2 Å². The van der Waals surface area contributed by atoms with Crippen molar-refractivity contribution in [1.29, 1.82) is 0 Å². The number of carbonyl (C=O) groups excluding carboxylic acids is 2. The molecule has 2 aromatic carbocycles. The first-order valence-electron chi connectivity index (χ1n) is 15.5. The fraction of sp³-hybridized carbons (Fsp3) is 0.429. The zero-order chi connectivity index (χ0) is 37.8. The van der Waals surface area contributed by atoms with Gasteiger partial charge >= 0.3 is 18.1 Å². The maximum atomic E-state index is 14.9. The van der Waals surface area contributed by atoms with Gasteiger partial charge in [-0.05, 0) is 55.1 Å². The van der Waals surface area contributed by atoms with Crippen LogP contribution in [0.2, 0.25) is 0 Å². The number of alkyl halides is 3. The van der Waals surface area contributed by atoms with Gasteiger partial charge in [-0.1, -0.05) is 51.1 Å². The van der Waals surface area contributed by atoms with Crippen LogP contribution in [0.4, 0.5) is 22.0 Å². The maximum absolute atomic E-state index is 14.9. The van der Waals surface area contributed by atoms with E-state index in [0.29, 0.717) is 31.6 Å². The Morgan fingerprint density at radius 3 is 2.12 bits per heavy atom. The Hall–Kier alpha value is -4.24. The standard InChI is InChI=1S/C33H41F2N3O4S.C2HF3O2/c1-22(39)15-25(32(41)42)20-43-21-30(40)38(14-8-13-36)31(33(2,3)4)29-16-24(27-17-26(34)11-12-28(27)35)19-37(29)18-23-9-6-5-7-10-23;3-2(4,5)1(6)7/h5-7,9-12,16-17,19,25,31H,8,13-15,18,20-21,36H2,1-4H3,(H,41,42);(H,6,7)/t25-,31-;/m0./s1. The van der Waals surface area contributed by atoms with Crippen molar-refractivity contribution >= 4 is 35.4 Å². The first kappa shape index (κ1) is 41.9. The van der Waals surface area contributed by atoms with Crippen LogP contribution >= 0.6 is 11.8 Å². The smallest absolute Gasteiger partial charge is 0.481 e. The molecule has 0 saturated carbocycles. The third-order valence-electron chi connectivity index (χ3n) is 7.37. The van der Waals surface area contributed by atoms with E-state index in [9.17, 15) is 41.4 Å². The lowest BCUT2D eigenvalue weighted by Gasteiger charge is -2.41. The number of Topliss-reactive ketones (excluding diaryl/α,β-unsaturated/α-hetero) is 1. The lowest BCUT2D eigenvalue weighted by molar-refractivity contribution is -0.192. The van der Waals surface area contributed by atoms with E-state index in [1.54, 1.807) is 11.1 Å². The van der Waals surface area contributed by atoms with Gasteiger partial charge in [-0.3, -0.25) is 9.59 Å². The molecular weight excluding hydrogens is 685 g/mol. The average molecular weight is 728 g/mol. The minimum absolute atomic E-state index is 0.0175. The first-order valence-corrected chi connectivity index (χ1v) is 16.7. The summed E-state index contributed by atoms with van der Waals surface area (Å²) in [6.07, 6.45) is -2.85. The summed E-state index contributed by atoms with van der Waals surface area (Å²) in [5, 5.41) is 16.6. The molecule has 1 aromatic heterocycles. The molecular formula is C35H42F5N3O6S. The second-order valence-electron chi connectivity index (χ2n) is 12.6. The molecule has 0 aliphatic rings. The van der Waals surface area contributed by atoms with Crippen LogP contribution in [-0.2, 0) is 25.7 Å². The number of ketones is 1. The summed E-state index contributed by atoms with van der Waals surface area (Å²) in [5.41, 5.74) is 7.75. The second kappa shape index (κ2) is 18.7. The molecule has 0 saturated heterocycles. The molecule has 3 rings (SSSR count). The monoisotopic (exact) mass is 727 g/mol. The first-order chi connectivity index (χ1) is 23.3. The second-order valence-corrected chi connectivity index (χ2v) is 13.7. The van der Waals surface area contributed by atoms with Gasteiger partial charge < -0.3 is 30.2 Å². The van der Waals surface area contributed by atoms with E-state index in [4.69, 9.17) is 15.6 Å². The number of carboxylic acid groups (broad SMARTS) is 2. The summed E-state index contributed by atoms with van der Waals surface area (Å²) in [4.78, 5) is 47.7. The van der Waals surface area contributed by atoms with Crippen LogP contribution in [0, 0.1) is 23.0 Å². The number of nitrogens with two attached hydrogens (primary N) is 1. The quantitative estimate of drug-likeness (QED) is 0.145. The highest BCUT2D eigenvalue weighted by Crippen LogP contribution is 2.41. The fourth-order valence-electron chi connectivity index (χ4n) is 5.21. The van der Waals surface area contributed by atoms with Gasteiger partial charge in [0, 0.05) is 48.3 Å². The summed E-state index contributed by atoms with van der Waals surface area (Å²) >= 11 is 1.18. The highest BCUT2D eigenvalue weighted by atomic mass is 32.2. The van der Waals surface area contributed by atoms with Gasteiger partial charge in [0.15, 0.2) is 0 Å². The van der Waals surface area contributed by atoms with Crippen LogP contribution in [0.5, 0.6) is 0 Å². The Morgan fingerprint density at radius 2 is 1.60 bits per heavy atom. The van der Waals surface area contributed by atoms with E-state index in [1.807, 2.05) is 61.7 Å². The van der Waals surface area contributed by atoms with Gasteiger partial charge in [-0.2, -0.15) is 24.9 Å².